The number of thiophene rings is 1. The number of nitro benzene ring substituents is 1. The van der Waals surface area contributed by atoms with Gasteiger partial charge in [0.1, 0.15) is 11.7 Å². The van der Waals surface area contributed by atoms with Gasteiger partial charge in [-0.05, 0) is 30.5 Å². The lowest BCUT2D eigenvalue weighted by Gasteiger charge is -2.21. The Bertz CT molecular complexity index is 699. The van der Waals surface area contributed by atoms with Gasteiger partial charge in [0.2, 0.25) is 0 Å². The van der Waals surface area contributed by atoms with Crippen molar-refractivity contribution in [2.45, 2.75) is 13.0 Å². The Balaban J connectivity index is 2.22. The summed E-state index contributed by atoms with van der Waals surface area (Å²) < 4.78 is 0. The van der Waals surface area contributed by atoms with Crippen molar-refractivity contribution in [1.82, 2.24) is 0 Å². The predicted octanol–water partition coefficient (Wildman–Crippen LogP) is 2.16. The lowest BCUT2D eigenvalue weighted by atomic mass is 10.1. The number of nitrogens with zero attached hydrogens (tertiary/aromatic N) is 1. The summed E-state index contributed by atoms with van der Waals surface area (Å²) in [5, 5.41) is 16.4. The van der Waals surface area contributed by atoms with Crippen molar-refractivity contribution < 1.29 is 14.6 Å². The number of rotatable bonds is 7. The number of ketones is 1. The van der Waals surface area contributed by atoms with E-state index >= 15 is 0 Å². The summed E-state index contributed by atoms with van der Waals surface area (Å²) in [5.41, 5.74) is 0.703. The summed E-state index contributed by atoms with van der Waals surface area (Å²) in [6.45, 7) is 1.97. The van der Waals surface area contributed by atoms with E-state index in [-0.39, 0.29) is 17.5 Å². The second kappa shape index (κ2) is 7.34. The molecule has 122 valence electrons. The van der Waals surface area contributed by atoms with Gasteiger partial charge in [-0.25, -0.2) is 0 Å². The first-order valence-corrected chi connectivity index (χ1v) is 8.14. The van der Waals surface area contributed by atoms with E-state index in [1.807, 2.05) is 11.4 Å². The number of Topliss-reactive ketones (excluding diaryl/α,β-unsaturated/α-hetero) is 1. The molecule has 0 unspecified atom stereocenters. The van der Waals surface area contributed by atoms with E-state index in [4.69, 9.17) is 0 Å². The van der Waals surface area contributed by atoms with Gasteiger partial charge in [0.15, 0.2) is 5.78 Å². The maximum atomic E-state index is 11.4. The molecule has 0 amide bonds. The quantitative estimate of drug-likeness (QED) is 0.462. The van der Waals surface area contributed by atoms with E-state index in [2.05, 4.69) is 25.5 Å². The smallest absolute Gasteiger partial charge is 0.293 e. The molecule has 0 aliphatic rings. The van der Waals surface area contributed by atoms with Crippen LogP contribution >= 0.6 is 11.3 Å². The second-order valence-corrected chi connectivity index (χ2v) is 6.55. The predicted molar refractivity (Wildman–Crippen MR) is 91.5 cm³/mol. The number of likely N-dealkylation sites (N-methyl/N-ethyl adjacent to an activating group) is 1. The average molecular weight is 334 g/mol. The largest absolute Gasteiger partial charge is 0.373 e. The van der Waals surface area contributed by atoms with Crippen LogP contribution in [0, 0.1) is 10.1 Å². The van der Waals surface area contributed by atoms with Crippen LogP contribution in [0.3, 0.4) is 0 Å². The number of benzene rings is 1. The summed E-state index contributed by atoms with van der Waals surface area (Å²) >= 11 is 1.67. The molecule has 7 heteroatoms. The zero-order chi connectivity index (χ0) is 17.0. The molecule has 2 N–H and O–H groups in total. The Hall–Kier alpha value is -2.25. The third kappa shape index (κ3) is 4.14. The fraction of sp³-hybridized carbons (Fsp3) is 0.312. The number of nitro groups is 1. The topological polar surface area (TPSA) is 76.7 Å². The number of hydrogen-bond donors (Lipinski definition) is 2. The molecule has 0 saturated heterocycles. The number of hydrogen-bond acceptors (Lipinski definition) is 5. The van der Waals surface area contributed by atoms with Crippen molar-refractivity contribution in [3.63, 3.8) is 0 Å². The lowest BCUT2D eigenvalue weighted by molar-refractivity contribution is -0.889. The van der Waals surface area contributed by atoms with Gasteiger partial charge in [0.25, 0.3) is 5.69 Å². The lowest BCUT2D eigenvalue weighted by Crippen LogP contribution is -3.06. The summed E-state index contributed by atoms with van der Waals surface area (Å²) in [4.78, 5) is 24.7. The minimum atomic E-state index is -0.461. The zero-order valence-electron chi connectivity index (χ0n) is 13.3. The number of anilines is 1. The van der Waals surface area contributed by atoms with Gasteiger partial charge in [0, 0.05) is 11.6 Å². The molecule has 23 heavy (non-hydrogen) atoms. The monoisotopic (exact) mass is 334 g/mol. The van der Waals surface area contributed by atoms with Crippen LogP contribution in [0.1, 0.15) is 28.2 Å². The van der Waals surface area contributed by atoms with E-state index in [9.17, 15) is 14.9 Å². The second-order valence-electron chi connectivity index (χ2n) is 5.57. The zero-order valence-corrected chi connectivity index (χ0v) is 14.1. The van der Waals surface area contributed by atoms with Crippen LogP contribution < -0.4 is 10.2 Å². The average Bonchev–Trinajstić information content (AvgIpc) is 3.00. The standard InChI is InChI=1S/C16H19N3O3S/c1-11(20)12-6-7-13(14(9-12)19(21)22)17-10-15(18(2)3)16-5-4-8-23-16/h4-9,15,17H,10H2,1-3H3/p+1/t15-/m0/s1. The fourth-order valence-electron chi connectivity index (χ4n) is 2.34. The summed E-state index contributed by atoms with van der Waals surface area (Å²) in [5.74, 6) is -0.186. The molecule has 2 aromatic rings. The van der Waals surface area contributed by atoms with Crippen LogP contribution in [0.2, 0.25) is 0 Å². The van der Waals surface area contributed by atoms with Gasteiger partial charge in [-0.15, -0.1) is 11.3 Å². The number of quaternary nitrogens is 1. The fourth-order valence-corrected chi connectivity index (χ4v) is 3.30. The molecule has 0 aliphatic heterocycles. The number of nitrogens with one attached hydrogen (secondary N) is 2. The van der Waals surface area contributed by atoms with E-state index in [0.717, 1.165) is 0 Å². The molecule has 0 spiro atoms. The molecule has 0 radical (unpaired) electrons. The Kier molecular flexibility index (Phi) is 5.46. The maximum absolute atomic E-state index is 11.4. The van der Waals surface area contributed by atoms with Gasteiger partial charge in [0.05, 0.1) is 30.4 Å². The highest BCUT2D eigenvalue weighted by Crippen LogP contribution is 2.27. The highest BCUT2D eigenvalue weighted by atomic mass is 32.1. The molecule has 0 aliphatic carbocycles. The molecule has 6 nitrogen and oxygen atoms in total. The van der Waals surface area contributed by atoms with Crippen molar-refractivity contribution in [2.24, 2.45) is 0 Å². The third-order valence-corrected chi connectivity index (χ3v) is 4.67. The molecule has 1 atom stereocenters. The van der Waals surface area contributed by atoms with Crippen LogP contribution in [-0.4, -0.2) is 31.3 Å². The molecule has 0 bridgehead atoms. The van der Waals surface area contributed by atoms with Gasteiger partial charge >= 0.3 is 0 Å². The van der Waals surface area contributed by atoms with E-state index in [1.165, 1.54) is 22.8 Å². The summed E-state index contributed by atoms with van der Waals surface area (Å²) in [6.07, 6.45) is 0. The normalized spacial score (nSPS) is 12.2. The van der Waals surface area contributed by atoms with Crippen molar-refractivity contribution in [3.8, 4) is 0 Å². The Morgan fingerprint density at radius 1 is 1.39 bits per heavy atom. The molecule has 0 saturated carbocycles. The Labute approximate surface area is 138 Å². The Morgan fingerprint density at radius 2 is 2.13 bits per heavy atom. The van der Waals surface area contributed by atoms with E-state index < -0.39 is 4.92 Å². The van der Waals surface area contributed by atoms with Gasteiger partial charge in [-0.2, -0.15) is 0 Å². The molecule has 2 rings (SSSR count). The van der Waals surface area contributed by atoms with Crippen LogP contribution in [-0.2, 0) is 0 Å². The van der Waals surface area contributed by atoms with E-state index in [1.54, 1.807) is 23.5 Å². The first-order valence-electron chi connectivity index (χ1n) is 7.27. The SMILES string of the molecule is CC(=O)c1ccc(NC[C@@H](c2cccs2)[NH+](C)C)c([N+](=O)[O-])c1. The van der Waals surface area contributed by atoms with Crippen molar-refractivity contribution >= 4 is 28.5 Å². The van der Waals surface area contributed by atoms with Crippen LogP contribution in [0.15, 0.2) is 35.7 Å². The molecule has 1 aromatic carbocycles. The van der Waals surface area contributed by atoms with Crippen molar-refractivity contribution in [3.05, 3.63) is 56.3 Å². The van der Waals surface area contributed by atoms with Crippen molar-refractivity contribution in [1.29, 1.82) is 0 Å². The number of carbonyl (C=O) groups excluding carboxylic acids is 1. The molecular weight excluding hydrogens is 314 g/mol. The number of carbonyl (C=O) groups is 1. The Morgan fingerprint density at radius 3 is 2.65 bits per heavy atom. The first-order chi connectivity index (χ1) is 10.9. The summed E-state index contributed by atoms with van der Waals surface area (Å²) in [6, 6.07) is 8.80. The molecular formula is C16H20N3O3S+. The highest BCUT2D eigenvalue weighted by Gasteiger charge is 2.21. The minimum absolute atomic E-state index is 0.0728. The van der Waals surface area contributed by atoms with Crippen molar-refractivity contribution in [2.75, 3.05) is 26.0 Å². The van der Waals surface area contributed by atoms with Gasteiger partial charge in [-0.3, -0.25) is 14.9 Å². The van der Waals surface area contributed by atoms with Gasteiger partial charge in [-0.1, -0.05) is 6.07 Å². The highest BCUT2D eigenvalue weighted by molar-refractivity contribution is 7.10. The van der Waals surface area contributed by atoms with Crippen LogP contribution in [0.4, 0.5) is 11.4 Å². The molecule has 0 fully saturated rings. The first kappa shape index (κ1) is 17.1. The van der Waals surface area contributed by atoms with Gasteiger partial charge < -0.3 is 10.2 Å². The van der Waals surface area contributed by atoms with Crippen LogP contribution in [0.5, 0.6) is 0 Å². The maximum Gasteiger partial charge on any atom is 0.293 e. The van der Waals surface area contributed by atoms with Crippen LogP contribution in [0.25, 0.3) is 0 Å². The van der Waals surface area contributed by atoms with E-state index in [0.29, 0.717) is 17.8 Å². The molecule has 1 aromatic heterocycles. The molecule has 1 heterocycles. The summed E-state index contributed by atoms with van der Waals surface area (Å²) in [7, 11) is 4.11. The third-order valence-electron chi connectivity index (χ3n) is 3.68. The minimum Gasteiger partial charge on any atom is -0.373 e.